The lowest BCUT2D eigenvalue weighted by Crippen LogP contribution is -2.28. The first kappa shape index (κ1) is 20.5. The minimum atomic E-state index is -0.781. The Labute approximate surface area is 160 Å². The average Bonchev–Trinajstić information content (AvgIpc) is 2.96. The largest absolute Gasteiger partial charge is 0.481 e. The number of nitrogens with one attached hydrogen (secondary N) is 1. The summed E-state index contributed by atoms with van der Waals surface area (Å²) in [6, 6.07) is 7.68. The molecule has 1 heterocycles. The Morgan fingerprint density at radius 1 is 1.23 bits per heavy atom. The monoisotopic (exact) mass is 377 g/mol. The molecule has 142 valence electrons. The van der Waals surface area contributed by atoms with E-state index in [2.05, 4.69) is 26.1 Å². The number of carboxylic acids is 1. The molecule has 0 radical (unpaired) electrons. The predicted molar refractivity (Wildman–Crippen MR) is 105 cm³/mol. The summed E-state index contributed by atoms with van der Waals surface area (Å²) < 4.78 is 1.95. The van der Waals surface area contributed by atoms with Crippen LogP contribution in [0, 0.1) is 5.41 Å². The molecule has 6 heteroatoms. The first-order chi connectivity index (χ1) is 12.0. The number of hydrogen-bond acceptors (Lipinski definition) is 3. The van der Waals surface area contributed by atoms with Gasteiger partial charge in [-0.05, 0) is 53.7 Å². The molecular weight excluding hydrogens is 350 g/mol. The number of carbonyl (C=O) groups is 1. The van der Waals surface area contributed by atoms with Gasteiger partial charge in [-0.1, -0.05) is 29.8 Å². The Balaban J connectivity index is 2.20. The molecule has 1 aromatic heterocycles. The van der Waals surface area contributed by atoms with Gasteiger partial charge in [-0.2, -0.15) is 5.10 Å². The van der Waals surface area contributed by atoms with E-state index in [4.69, 9.17) is 16.7 Å². The second-order valence-electron chi connectivity index (χ2n) is 8.21. The Morgan fingerprint density at radius 2 is 1.88 bits per heavy atom. The highest BCUT2D eigenvalue weighted by molar-refractivity contribution is 6.33. The van der Waals surface area contributed by atoms with Gasteiger partial charge in [0.1, 0.15) is 0 Å². The van der Waals surface area contributed by atoms with Crippen molar-refractivity contribution in [2.75, 3.05) is 6.54 Å². The maximum atomic E-state index is 11.2. The third-order valence-corrected chi connectivity index (χ3v) is 4.76. The van der Waals surface area contributed by atoms with Crippen molar-refractivity contribution >= 4 is 17.6 Å². The average molecular weight is 378 g/mol. The van der Waals surface area contributed by atoms with E-state index in [1.165, 1.54) is 0 Å². The van der Waals surface area contributed by atoms with Crippen LogP contribution in [0.3, 0.4) is 0 Å². The Kier molecular flexibility index (Phi) is 6.14. The van der Waals surface area contributed by atoms with Crippen molar-refractivity contribution in [1.29, 1.82) is 0 Å². The Hall–Kier alpha value is -1.85. The molecule has 2 aromatic rings. The SMILES string of the molecule is CC(C)(CCNCc1cn(C(C)(C)C)nc1-c1ccccc1Cl)C(=O)O. The fourth-order valence-corrected chi connectivity index (χ4v) is 2.72. The molecule has 1 aromatic carbocycles. The number of aromatic nitrogens is 2. The summed E-state index contributed by atoms with van der Waals surface area (Å²) in [6.45, 7) is 11.0. The normalized spacial score (nSPS) is 12.4. The van der Waals surface area contributed by atoms with Crippen LogP contribution in [0.4, 0.5) is 0 Å². The molecule has 0 amide bonds. The van der Waals surface area contributed by atoms with E-state index in [-0.39, 0.29) is 5.54 Å². The smallest absolute Gasteiger partial charge is 0.309 e. The summed E-state index contributed by atoms with van der Waals surface area (Å²) >= 11 is 6.38. The van der Waals surface area contributed by atoms with Crippen molar-refractivity contribution in [2.45, 2.75) is 53.1 Å². The van der Waals surface area contributed by atoms with Crippen LogP contribution in [-0.2, 0) is 16.9 Å². The van der Waals surface area contributed by atoms with Gasteiger partial charge >= 0.3 is 5.97 Å². The quantitative estimate of drug-likeness (QED) is 0.694. The van der Waals surface area contributed by atoms with Gasteiger partial charge in [-0.25, -0.2) is 0 Å². The van der Waals surface area contributed by atoms with Crippen molar-refractivity contribution in [1.82, 2.24) is 15.1 Å². The number of carboxylic acid groups (broad SMARTS) is 1. The Bertz CT molecular complexity index is 776. The van der Waals surface area contributed by atoms with Gasteiger partial charge in [0.25, 0.3) is 0 Å². The summed E-state index contributed by atoms with van der Waals surface area (Å²) in [4.78, 5) is 11.2. The van der Waals surface area contributed by atoms with E-state index in [0.717, 1.165) is 16.8 Å². The van der Waals surface area contributed by atoms with Crippen molar-refractivity contribution in [3.8, 4) is 11.3 Å². The molecule has 5 nitrogen and oxygen atoms in total. The number of aliphatic carboxylic acids is 1. The van der Waals surface area contributed by atoms with Crippen LogP contribution >= 0.6 is 11.6 Å². The number of hydrogen-bond donors (Lipinski definition) is 2. The summed E-state index contributed by atoms with van der Waals surface area (Å²) in [7, 11) is 0. The lowest BCUT2D eigenvalue weighted by atomic mass is 9.90. The Morgan fingerprint density at radius 3 is 2.46 bits per heavy atom. The van der Waals surface area contributed by atoms with E-state index < -0.39 is 11.4 Å². The highest BCUT2D eigenvalue weighted by Crippen LogP contribution is 2.30. The lowest BCUT2D eigenvalue weighted by Gasteiger charge is -2.19. The van der Waals surface area contributed by atoms with Crippen LogP contribution in [-0.4, -0.2) is 27.4 Å². The fourth-order valence-electron chi connectivity index (χ4n) is 2.49. The number of rotatable bonds is 7. The molecule has 0 unspecified atom stereocenters. The van der Waals surface area contributed by atoms with Crippen LogP contribution in [0.5, 0.6) is 0 Å². The molecule has 0 spiro atoms. The molecule has 0 atom stereocenters. The molecule has 0 saturated heterocycles. The zero-order chi connectivity index (χ0) is 19.5. The van der Waals surface area contributed by atoms with Gasteiger partial charge in [0.2, 0.25) is 0 Å². The minimum Gasteiger partial charge on any atom is -0.481 e. The fraction of sp³-hybridized carbons (Fsp3) is 0.500. The van der Waals surface area contributed by atoms with Crippen molar-refractivity contribution in [2.24, 2.45) is 5.41 Å². The molecule has 26 heavy (non-hydrogen) atoms. The number of halogens is 1. The molecule has 2 N–H and O–H groups in total. The summed E-state index contributed by atoms with van der Waals surface area (Å²) in [5.74, 6) is -0.781. The molecular formula is C20H28ClN3O2. The third-order valence-electron chi connectivity index (χ3n) is 4.43. The van der Waals surface area contributed by atoms with Crippen molar-refractivity contribution in [3.05, 3.63) is 41.0 Å². The molecule has 0 fully saturated rings. The lowest BCUT2D eigenvalue weighted by molar-refractivity contribution is -0.147. The zero-order valence-corrected chi connectivity index (χ0v) is 16.9. The third kappa shape index (κ3) is 4.86. The van der Waals surface area contributed by atoms with Crippen LogP contribution < -0.4 is 5.32 Å². The van der Waals surface area contributed by atoms with Crippen LogP contribution in [0.15, 0.2) is 30.5 Å². The number of benzene rings is 1. The summed E-state index contributed by atoms with van der Waals surface area (Å²) in [6.07, 6.45) is 2.59. The van der Waals surface area contributed by atoms with E-state index in [9.17, 15) is 9.90 Å². The van der Waals surface area contributed by atoms with E-state index in [0.29, 0.717) is 24.5 Å². The second kappa shape index (κ2) is 7.80. The molecule has 0 aliphatic carbocycles. The second-order valence-corrected chi connectivity index (χ2v) is 8.62. The maximum Gasteiger partial charge on any atom is 0.309 e. The van der Waals surface area contributed by atoms with Gasteiger partial charge in [0, 0.05) is 23.9 Å². The summed E-state index contributed by atoms with van der Waals surface area (Å²) in [5.41, 5.74) is 1.92. The molecule has 0 aliphatic heterocycles. The number of nitrogens with zero attached hydrogens (tertiary/aromatic N) is 2. The molecule has 0 saturated carbocycles. The van der Waals surface area contributed by atoms with Crippen LogP contribution in [0.1, 0.15) is 46.6 Å². The molecule has 2 rings (SSSR count). The van der Waals surface area contributed by atoms with Gasteiger partial charge in [-0.3, -0.25) is 9.48 Å². The van der Waals surface area contributed by atoms with Gasteiger partial charge in [0.15, 0.2) is 0 Å². The molecule has 0 aliphatic rings. The minimum absolute atomic E-state index is 0.139. The van der Waals surface area contributed by atoms with Gasteiger partial charge < -0.3 is 10.4 Å². The standard InChI is InChI=1S/C20H28ClN3O2/c1-19(2,3)24-13-14(12-22-11-10-20(4,5)18(25)26)17(23-24)15-8-6-7-9-16(15)21/h6-9,13,22H,10-12H2,1-5H3,(H,25,26). The van der Waals surface area contributed by atoms with E-state index in [1.54, 1.807) is 13.8 Å². The van der Waals surface area contributed by atoms with E-state index in [1.807, 2.05) is 35.1 Å². The van der Waals surface area contributed by atoms with Crippen molar-refractivity contribution < 1.29 is 9.90 Å². The van der Waals surface area contributed by atoms with Gasteiger partial charge in [0.05, 0.1) is 21.7 Å². The molecule has 0 bridgehead atoms. The maximum absolute atomic E-state index is 11.2. The topological polar surface area (TPSA) is 67.2 Å². The predicted octanol–water partition coefficient (Wildman–Crippen LogP) is 4.55. The van der Waals surface area contributed by atoms with Crippen LogP contribution in [0.2, 0.25) is 5.02 Å². The van der Waals surface area contributed by atoms with Gasteiger partial charge in [-0.15, -0.1) is 0 Å². The highest BCUT2D eigenvalue weighted by Gasteiger charge is 2.26. The summed E-state index contributed by atoms with van der Waals surface area (Å²) in [5, 5.41) is 18.0. The van der Waals surface area contributed by atoms with Crippen molar-refractivity contribution in [3.63, 3.8) is 0 Å². The first-order valence-corrected chi connectivity index (χ1v) is 9.18. The first-order valence-electron chi connectivity index (χ1n) is 8.80. The van der Waals surface area contributed by atoms with E-state index >= 15 is 0 Å². The zero-order valence-electron chi connectivity index (χ0n) is 16.1. The highest BCUT2D eigenvalue weighted by atomic mass is 35.5. The van der Waals surface area contributed by atoms with Crippen LogP contribution in [0.25, 0.3) is 11.3 Å².